The van der Waals surface area contributed by atoms with Gasteiger partial charge in [0.25, 0.3) is 0 Å². The molecule has 0 saturated heterocycles. The van der Waals surface area contributed by atoms with Gasteiger partial charge in [0.1, 0.15) is 0 Å². The van der Waals surface area contributed by atoms with Crippen LogP contribution in [0.4, 0.5) is 5.13 Å². The van der Waals surface area contributed by atoms with Crippen LogP contribution in [-0.4, -0.2) is 23.0 Å². The zero-order valence-corrected chi connectivity index (χ0v) is 13.9. The smallest absolute Gasteiger partial charge is 0.180 e. The van der Waals surface area contributed by atoms with Gasteiger partial charge in [-0.15, -0.1) is 23.7 Å². The predicted octanol–water partition coefficient (Wildman–Crippen LogP) is 3.86. The van der Waals surface area contributed by atoms with Gasteiger partial charge >= 0.3 is 0 Å². The Bertz CT molecular complexity index is 527. The molecule has 1 aromatic heterocycles. The summed E-state index contributed by atoms with van der Waals surface area (Å²) < 4.78 is 0. The van der Waals surface area contributed by atoms with E-state index in [-0.39, 0.29) is 12.4 Å². The van der Waals surface area contributed by atoms with Crippen LogP contribution in [0.15, 0.2) is 30.5 Å². The predicted molar refractivity (Wildman–Crippen MR) is 89.9 cm³/mol. The number of anilines is 1. The summed E-state index contributed by atoms with van der Waals surface area (Å²) in [6.45, 7) is 3.10. The van der Waals surface area contributed by atoms with Crippen molar-refractivity contribution >= 4 is 40.5 Å². The van der Waals surface area contributed by atoms with Gasteiger partial charge in [0.15, 0.2) is 5.13 Å². The van der Waals surface area contributed by atoms with Crippen LogP contribution in [0.5, 0.6) is 0 Å². The Morgan fingerprint density at radius 1 is 1.35 bits per heavy atom. The summed E-state index contributed by atoms with van der Waals surface area (Å²) in [6.07, 6.45) is 2.85. The number of halogens is 2. The molecule has 2 rings (SSSR count). The number of nitrogens with two attached hydrogens (primary N) is 1. The van der Waals surface area contributed by atoms with E-state index in [2.05, 4.69) is 36.0 Å². The molecule has 0 amide bonds. The third kappa shape index (κ3) is 4.94. The summed E-state index contributed by atoms with van der Waals surface area (Å²) >= 11 is 7.44. The average molecular weight is 332 g/mol. The van der Waals surface area contributed by atoms with E-state index in [0.717, 1.165) is 18.0 Å². The highest BCUT2D eigenvalue weighted by atomic mass is 35.5. The number of nitrogen functional groups attached to an aromatic ring is 1. The van der Waals surface area contributed by atoms with Crippen LogP contribution in [0.25, 0.3) is 0 Å². The molecule has 3 nitrogen and oxygen atoms in total. The Kier molecular flexibility index (Phi) is 6.76. The van der Waals surface area contributed by atoms with Gasteiger partial charge in [-0.25, -0.2) is 4.98 Å². The number of hydrogen-bond donors (Lipinski definition) is 1. The highest BCUT2D eigenvalue weighted by Crippen LogP contribution is 2.18. The van der Waals surface area contributed by atoms with Gasteiger partial charge in [0.2, 0.25) is 0 Å². The van der Waals surface area contributed by atoms with Crippen molar-refractivity contribution < 1.29 is 0 Å². The normalized spacial score (nSPS) is 12.2. The minimum absolute atomic E-state index is 0. The van der Waals surface area contributed by atoms with E-state index in [1.807, 2.05) is 18.3 Å². The van der Waals surface area contributed by atoms with Gasteiger partial charge in [0.05, 0.1) is 0 Å². The molecule has 0 bridgehead atoms. The second-order valence-electron chi connectivity index (χ2n) is 4.76. The number of likely N-dealkylation sites (N-methyl/N-ethyl adjacent to an activating group) is 1. The standard InChI is InChI=1S/C14H18ClN3S.ClH/c1-10(7-11-3-5-12(15)6-4-11)18(2)9-13-8-17-14(16)19-13;/h3-6,8,10H,7,9H2,1-2H3,(H2,16,17);1H. The van der Waals surface area contributed by atoms with Crippen molar-refractivity contribution in [3.05, 3.63) is 45.9 Å². The van der Waals surface area contributed by atoms with Gasteiger partial charge in [0, 0.05) is 28.7 Å². The first-order valence-corrected chi connectivity index (χ1v) is 7.39. The molecule has 1 heterocycles. The first kappa shape index (κ1) is 17.2. The largest absolute Gasteiger partial charge is 0.375 e. The van der Waals surface area contributed by atoms with E-state index >= 15 is 0 Å². The molecular formula is C14H19Cl2N3S. The summed E-state index contributed by atoms with van der Waals surface area (Å²) in [7, 11) is 2.12. The zero-order chi connectivity index (χ0) is 13.8. The Labute approximate surface area is 135 Å². The third-order valence-corrected chi connectivity index (χ3v) is 4.24. The summed E-state index contributed by atoms with van der Waals surface area (Å²) in [4.78, 5) is 7.58. The van der Waals surface area contributed by atoms with Crippen LogP contribution in [0.3, 0.4) is 0 Å². The number of nitrogens with zero attached hydrogens (tertiary/aromatic N) is 2. The molecule has 0 fully saturated rings. The van der Waals surface area contributed by atoms with Crippen LogP contribution in [0.1, 0.15) is 17.4 Å². The first-order chi connectivity index (χ1) is 9.04. The molecule has 1 unspecified atom stereocenters. The van der Waals surface area contributed by atoms with Gasteiger partial charge in [-0.2, -0.15) is 0 Å². The lowest BCUT2D eigenvalue weighted by Crippen LogP contribution is -2.30. The van der Waals surface area contributed by atoms with Gasteiger partial charge in [-0.05, 0) is 38.1 Å². The number of thiazole rings is 1. The lowest BCUT2D eigenvalue weighted by molar-refractivity contribution is 0.250. The monoisotopic (exact) mass is 331 g/mol. The Morgan fingerprint density at radius 2 is 2.00 bits per heavy atom. The maximum atomic E-state index is 5.89. The highest BCUT2D eigenvalue weighted by molar-refractivity contribution is 7.15. The molecule has 0 spiro atoms. The molecule has 1 aromatic carbocycles. The van der Waals surface area contributed by atoms with Crippen molar-refractivity contribution in [2.75, 3.05) is 12.8 Å². The first-order valence-electron chi connectivity index (χ1n) is 6.19. The number of rotatable bonds is 5. The molecule has 1 atom stereocenters. The average Bonchev–Trinajstić information content (AvgIpc) is 2.77. The van der Waals surface area contributed by atoms with Gasteiger partial charge < -0.3 is 5.73 Å². The van der Waals surface area contributed by atoms with Crippen molar-refractivity contribution in [2.24, 2.45) is 0 Å². The fraction of sp³-hybridized carbons (Fsp3) is 0.357. The van der Waals surface area contributed by atoms with Crippen LogP contribution in [-0.2, 0) is 13.0 Å². The van der Waals surface area contributed by atoms with Crippen molar-refractivity contribution in [2.45, 2.75) is 25.9 Å². The lowest BCUT2D eigenvalue weighted by Gasteiger charge is -2.24. The third-order valence-electron chi connectivity index (χ3n) is 3.17. The van der Waals surface area contributed by atoms with Crippen LogP contribution in [0.2, 0.25) is 5.02 Å². The molecule has 6 heteroatoms. The number of hydrogen-bond acceptors (Lipinski definition) is 4. The minimum atomic E-state index is 0. The summed E-state index contributed by atoms with van der Waals surface area (Å²) in [5.74, 6) is 0. The van der Waals surface area contributed by atoms with E-state index in [9.17, 15) is 0 Å². The molecule has 0 aliphatic heterocycles. The van der Waals surface area contributed by atoms with Crippen molar-refractivity contribution in [3.63, 3.8) is 0 Å². The Hall–Kier alpha value is -0.810. The maximum absolute atomic E-state index is 5.89. The van der Waals surface area contributed by atoms with Crippen molar-refractivity contribution in [1.82, 2.24) is 9.88 Å². The Morgan fingerprint density at radius 3 is 2.55 bits per heavy atom. The van der Waals surface area contributed by atoms with E-state index in [4.69, 9.17) is 17.3 Å². The lowest BCUT2D eigenvalue weighted by atomic mass is 10.1. The fourth-order valence-corrected chi connectivity index (χ4v) is 2.79. The van der Waals surface area contributed by atoms with Crippen molar-refractivity contribution in [1.29, 1.82) is 0 Å². The van der Waals surface area contributed by atoms with E-state index in [0.29, 0.717) is 11.2 Å². The number of aromatic nitrogens is 1. The molecule has 110 valence electrons. The van der Waals surface area contributed by atoms with Crippen LogP contribution < -0.4 is 5.73 Å². The van der Waals surface area contributed by atoms with Gasteiger partial charge in [-0.1, -0.05) is 23.7 Å². The molecule has 0 saturated carbocycles. The molecule has 0 aliphatic rings. The molecular weight excluding hydrogens is 313 g/mol. The highest BCUT2D eigenvalue weighted by Gasteiger charge is 2.11. The quantitative estimate of drug-likeness (QED) is 0.904. The second-order valence-corrected chi connectivity index (χ2v) is 6.34. The Balaban J connectivity index is 0.00000200. The van der Waals surface area contributed by atoms with E-state index < -0.39 is 0 Å². The molecule has 2 N–H and O–H groups in total. The van der Waals surface area contributed by atoms with E-state index in [1.54, 1.807) is 11.3 Å². The minimum Gasteiger partial charge on any atom is -0.375 e. The van der Waals surface area contributed by atoms with Crippen LogP contribution in [0, 0.1) is 0 Å². The maximum Gasteiger partial charge on any atom is 0.180 e. The summed E-state index contributed by atoms with van der Waals surface area (Å²) in [5.41, 5.74) is 6.94. The molecule has 2 aromatic rings. The molecule has 0 aliphatic carbocycles. The second kappa shape index (κ2) is 7.84. The SMILES string of the molecule is CC(Cc1ccc(Cl)cc1)N(C)Cc1cnc(N)s1.Cl. The zero-order valence-electron chi connectivity index (χ0n) is 11.5. The van der Waals surface area contributed by atoms with Crippen molar-refractivity contribution in [3.8, 4) is 0 Å². The van der Waals surface area contributed by atoms with Crippen LogP contribution >= 0.6 is 35.3 Å². The molecule has 0 radical (unpaired) electrons. The van der Waals surface area contributed by atoms with Gasteiger partial charge in [-0.3, -0.25) is 4.90 Å². The fourth-order valence-electron chi connectivity index (χ4n) is 1.91. The molecule has 20 heavy (non-hydrogen) atoms. The van der Waals surface area contributed by atoms with E-state index in [1.165, 1.54) is 10.4 Å². The summed E-state index contributed by atoms with van der Waals surface area (Å²) in [6, 6.07) is 8.49. The number of benzene rings is 1. The summed E-state index contributed by atoms with van der Waals surface area (Å²) in [5, 5.41) is 1.42. The topological polar surface area (TPSA) is 42.2 Å².